The number of anilines is 1. The Kier molecular flexibility index (Phi) is 2.49. The van der Waals surface area contributed by atoms with Crippen molar-refractivity contribution in [2.24, 2.45) is 0 Å². The summed E-state index contributed by atoms with van der Waals surface area (Å²) in [7, 11) is 1.89. The third-order valence-electron chi connectivity index (χ3n) is 3.72. The van der Waals surface area contributed by atoms with Crippen molar-refractivity contribution < 1.29 is 4.42 Å². The zero-order valence-electron chi connectivity index (χ0n) is 11.3. The van der Waals surface area contributed by atoms with E-state index in [0.29, 0.717) is 5.92 Å². The molecule has 4 nitrogen and oxygen atoms in total. The summed E-state index contributed by atoms with van der Waals surface area (Å²) >= 11 is 0. The number of benzene rings is 1. The second-order valence-electron chi connectivity index (χ2n) is 5.17. The van der Waals surface area contributed by atoms with E-state index >= 15 is 0 Å². The fourth-order valence-corrected chi connectivity index (χ4v) is 2.45. The van der Waals surface area contributed by atoms with Crippen molar-refractivity contribution in [3.63, 3.8) is 0 Å². The molecule has 1 N–H and O–H groups in total. The lowest BCUT2D eigenvalue weighted by Crippen LogP contribution is -1.99. The van der Waals surface area contributed by atoms with E-state index in [4.69, 9.17) is 9.40 Å². The van der Waals surface area contributed by atoms with Crippen LogP contribution >= 0.6 is 0 Å². The Morgan fingerprint density at radius 3 is 2.85 bits per heavy atom. The first-order chi connectivity index (χ1) is 9.85. The highest BCUT2D eigenvalue weighted by atomic mass is 16.3. The van der Waals surface area contributed by atoms with Gasteiger partial charge < -0.3 is 9.73 Å². The molecule has 1 saturated carbocycles. The van der Waals surface area contributed by atoms with Gasteiger partial charge in [-0.25, -0.2) is 9.97 Å². The van der Waals surface area contributed by atoms with Crippen LogP contribution < -0.4 is 5.32 Å². The lowest BCUT2D eigenvalue weighted by Gasteiger charge is -2.06. The van der Waals surface area contributed by atoms with Crippen LogP contribution in [-0.4, -0.2) is 17.0 Å². The smallest absolute Gasteiger partial charge is 0.165 e. The maximum atomic E-state index is 5.59. The molecule has 20 heavy (non-hydrogen) atoms. The zero-order chi connectivity index (χ0) is 13.5. The molecular weight excluding hydrogens is 250 g/mol. The standard InChI is InChI=1S/C16H15N3O/c1-17-15-8-13(10-6-7-10)18-16(19-15)12-9-20-14-5-3-2-4-11(12)14/h2-5,8-10H,6-7H2,1H3,(H,17,18,19). The Morgan fingerprint density at radius 1 is 1.20 bits per heavy atom. The summed E-state index contributed by atoms with van der Waals surface area (Å²) in [6.45, 7) is 0. The van der Waals surface area contributed by atoms with Crippen LogP contribution in [0.15, 0.2) is 41.0 Å². The highest BCUT2D eigenvalue weighted by Crippen LogP contribution is 2.40. The molecule has 2 aromatic heterocycles. The third kappa shape index (κ3) is 1.84. The predicted octanol–water partition coefficient (Wildman–Crippen LogP) is 3.81. The van der Waals surface area contributed by atoms with E-state index in [9.17, 15) is 0 Å². The number of aromatic nitrogens is 2. The first-order valence-corrected chi connectivity index (χ1v) is 6.88. The molecule has 1 aliphatic rings. The molecule has 0 atom stereocenters. The number of fused-ring (bicyclic) bond motifs is 1. The second kappa shape index (κ2) is 4.34. The van der Waals surface area contributed by atoms with Gasteiger partial charge >= 0.3 is 0 Å². The number of hydrogen-bond acceptors (Lipinski definition) is 4. The van der Waals surface area contributed by atoms with Crippen LogP contribution in [0.4, 0.5) is 5.82 Å². The number of nitrogens with zero attached hydrogens (tertiary/aromatic N) is 2. The Morgan fingerprint density at radius 2 is 2.05 bits per heavy atom. The molecule has 0 aliphatic heterocycles. The monoisotopic (exact) mass is 265 g/mol. The van der Waals surface area contributed by atoms with E-state index < -0.39 is 0 Å². The minimum absolute atomic E-state index is 0.599. The van der Waals surface area contributed by atoms with Gasteiger partial charge in [0.2, 0.25) is 0 Å². The van der Waals surface area contributed by atoms with E-state index in [2.05, 4.69) is 10.3 Å². The van der Waals surface area contributed by atoms with Crippen LogP contribution in [0.3, 0.4) is 0 Å². The van der Waals surface area contributed by atoms with Crippen molar-refractivity contribution in [3.8, 4) is 11.4 Å². The van der Waals surface area contributed by atoms with Crippen molar-refractivity contribution in [2.75, 3.05) is 12.4 Å². The normalized spacial score (nSPS) is 14.7. The molecule has 4 rings (SSSR count). The maximum absolute atomic E-state index is 5.59. The lowest BCUT2D eigenvalue weighted by atomic mass is 10.1. The van der Waals surface area contributed by atoms with Gasteiger partial charge in [-0.1, -0.05) is 18.2 Å². The van der Waals surface area contributed by atoms with Gasteiger partial charge in [0.05, 0.1) is 5.56 Å². The van der Waals surface area contributed by atoms with Crippen molar-refractivity contribution in [1.29, 1.82) is 0 Å². The van der Waals surface area contributed by atoms with Crippen LogP contribution in [-0.2, 0) is 0 Å². The largest absolute Gasteiger partial charge is 0.464 e. The van der Waals surface area contributed by atoms with Gasteiger partial charge in [0.1, 0.15) is 17.7 Å². The molecule has 100 valence electrons. The molecule has 0 bridgehead atoms. The van der Waals surface area contributed by atoms with Crippen LogP contribution in [0, 0.1) is 0 Å². The number of furan rings is 1. The quantitative estimate of drug-likeness (QED) is 0.782. The van der Waals surface area contributed by atoms with E-state index in [1.54, 1.807) is 6.26 Å². The van der Waals surface area contributed by atoms with Crippen LogP contribution in [0.1, 0.15) is 24.5 Å². The molecule has 1 aromatic carbocycles. The third-order valence-corrected chi connectivity index (χ3v) is 3.72. The molecule has 4 heteroatoms. The molecule has 0 unspecified atom stereocenters. The number of nitrogens with one attached hydrogen (secondary N) is 1. The van der Waals surface area contributed by atoms with Gasteiger partial charge in [0.15, 0.2) is 5.82 Å². The molecule has 3 aromatic rings. The summed E-state index contributed by atoms with van der Waals surface area (Å²) in [5.74, 6) is 2.20. The topological polar surface area (TPSA) is 51.0 Å². The molecule has 1 aliphatic carbocycles. The van der Waals surface area contributed by atoms with Gasteiger partial charge in [-0.3, -0.25) is 0 Å². The van der Waals surface area contributed by atoms with Gasteiger partial charge in [0, 0.05) is 30.1 Å². The Bertz CT molecular complexity index is 774. The molecule has 1 fully saturated rings. The Labute approximate surface area is 116 Å². The average Bonchev–Trinajstić information content (AvgIpc) is 3.26. The summed E-state index contributed by atoms with van der Waals surface area (Å²) in [6, 6.07) is 10.0. The molecule has 0 saturated heterocycles. The molecular formula is C16H15N3O. The minimum atomic E-state index is 0.599. The van der Waals surface area contributed by atoms with Gasteiger partial charge in [-0.05, 0) is 18.9 Å². The number of hydrogen-bond donors (Lipinski definition) is 1. The number of rotatable bonds is 3. The zero-order valence-corrected chi connectivity index (χ0v) is 11.3. The summed E-state index contributed by atoms with van der Waals surface area (Å²) in [4.78, 5) is 9.30. The minimum Gasteiger partial charge on any atom is -0.464 e. The first kappa shape index (κ1) is 11.5. The lowest BCUT2D eigenvalue weighted by molar-refractivity contribution is 0.616. The van der Waals surface area contributed by atoms with Crippen molar-refractivity contribution >= 4 is 16.8 Å². The molecule has 0 radical (unpaired) electrons. The summed E-state index contributed by atoms with van der Waals surface area (Å²) in [5, 5.41) is 4.18. The van der Waals surface area contributed by atoms with E-state index in [1.165, 1.54) is 12.8 Å². The maximum Gasteiger partial charge on any atom is 0.165 e. The average molecular weight is 265 g/mol. The summed E-state index contributed by atoms with van der Waals surface area (Å²) in [5.41, 5.74) is 2.96. The van der Waals surface area contributed by atoms with Crippen LogP contribution in [0.5, 0.6) is 0 Å². The van der Waals surface area contributed by atoms with Crippen LogP contribution in [0.25, 0.3) is 22.4 Å². The van der Waals surface area contributed by atoms with Crippen molar-refractivity contribution in [3.05, 3.63) is 42.3 Å². The van der Waals surface area contributed by atoms with Gasteiger partial charge in [0.25, 0.3) is 0 Å². The van der Waals surface area contributed by atoms with Crippen LogP contribution in [0.2, 0.25) is 0 Å². The SMILES string of the molecule is CNc1cc(C2CC2)nc(-c2coc3ccccc23)n1. The molecule has 0 spiro atoms. The Balaban J connectivity index is 1.90. The summed E-state index contributed by atoms with van der Waals surface area (Å²) < 4.78 is 5.59. The number of para-hydroxylation sites is 1. The highest BCUT2D eigenvalue weighted by molar-refractivity contribution is 5.92. The Hall–Kier alpha value is -2.36. The van der Waals surface area contributed by atoms with E-state index in [1.807, 2.05) is 37.4 Å². The second-order valence-corrected chi connectivity index (χ2v) is 5.17. The fraction of sp³-hybridized carbons (Fsp3) is 0.250. The predicted molar refractivity (Wildman–Crippen MR) is 78.8 cm³/mol. The van der Waals surface area contributed by atoms with Crippen molar-refractivity contribution in [1.82, 2.24) is 9.97 Å². The van der Waals surface area contributed by atoms with Gasteiger partial charge in [-0.15, -0.1) is 0 Å². The van der Waals surface area contributed by atoms with E-state index in [-0.39, 0.29) is 0 Å². The molecule has 2 heterocycles. The fourth-order valence-electron chi connectivity index (χ4n) is 2.45. The van der Waals surface area contributed by atoms with Gasteiger partial charge in [-0.2, -0.15) is 0 Å². The summed E-state index contributed by atoms with van der Waals surface area (Å²) in [6.07, 6.45) is 4.20. The highest BCUT2D eigenvalue weighted by Gasteiger charge is 2.26. The molecule has 0 amide bonds. The first-order valence-electron chi connectivity index (χ1n) is 6.88. The van der Waals surface area contributed by atoms with Crippen molar-refractivity contribution in [2.45, 2.75) is 18.8 Å². The van der Waals surface area contributed by atoms with E-state index in [0.717, 1.165) is 33.9 Å².